The third-order valence-corrected chi connectivity index (χ3v) is 3.87. The molecule has 0 aromatic heterocycles. The lowest BCUT2D eigenvalue weighted by molar-refractivity contribution is 0.302. The summed E-state index contributed by atoms with van der Waals surface area (Å²) < 4.78 is 17.1. The molecule has 3 nitrogen and oxygen atoms in total. The molecular weight excluding hydrogens is 300 g/mol. The molecule has 2 aromatic carbocycles. The van der Waals surface area contributed by atoms with Crippen LogP contribution < -0.4 is 14.2 Å². The van der Waals surface area contributed by atoms with Gasteiger partial charge in [-0.1, -0.05) is 38.8 Å². The number of benzene rings is 2. The second kappa shape index (κ2) is 9.86. The van der Waals surface area contributed by atoms with E-state index in [2.05, 4.69) is 32.0 Å². The Balaban J connectivity index is 2.25. The fourth-order valence-corrected chi connectivity index (χ4v) is 2.38. The molecule has 24 heavy (non-hydrogen) atoms. The molecule has 0 spiro atoms. The summed E-state index contributed by atoms with van der Waals surface area (Å²) in [4.78, 5) is 0. The van der Waals surface area contributed by atoms with Gasteiger partial charge in [0.2, 0.25) is 0 Å². The van der Waals surface area contributed by atoms with E-state index in [1.165, 1.54) is 0 Å². The van der Waals surface area contributed by atoms with E-state index in [9.17, 15) is 0 Å². The fourth-order valence-electron chi connectivity index (χ4n) is 2.38. The standard InChI is InChI=1S/C21H28O3/c1-4-6-14-23-19-12-13-21(24-15-7-5-2)20(16-19)17-8-10-18(22-3)11-9-17/h8-13,16H,4-7,14-15H2,1-3H3. The lowest BCUT2D eigenvalue weighted by Gasteiger charge is -2.14. The summed E-state index contributed by atoms with van der Waals surface area (Å²) in [5.41, 5.74) is 2.16. The van der Waals surface area contributed by atoms with Gasteiger partial charge in [-0.15, -0.1) is 0 Å². The molecule has 0 fully saturated rings. The lowest BCUT2D eigenvalue weighted by Crippen LogP contribution is -2.00. The smallest absolute Gasteiger partial charge is 0.127 e. The molecule has 0 amide bonds. The summed E-state index contributed by atoms with van der Waals surface area (Å²) in [5.74, 6) is 2.64. The Bertz CT molecular complexity index is 605. The predicted octanol–water partition coefficient (Wildman–Crippen LogP) is 5.72. The van der Waals surface area contributed by atoms with Crippen molar-refractivity contribution in [3.8, 4) is 28.4 Å². The van der Waals surface area contributed by atoms with Crippen molar-refractivity contribution in [1.29, 1.82) is 0 Å². The molecule has 0 bridgehead atoms. The molecule has 130 valence electrons. The molecule has 0 unspecified atom stereocenters. The van der Waals surface area contributed by atoms with Gasteiger partial charge < -0.3 is 14.2 Å². The Morgan fingerprint density at radius 1 is 0.750 bits per heavy atom. The Morgan fingerprint density at radius 3 is 2.00 bits per heavy atom. The highest BCUT2D eigenvalue weighted by Gasteiger charge is 2.09. The molecule has 0 radical (unpaired) electrons. The highest BCUT2D eigenvalue weighted by Crippen LogP contribution is 2.34. The first-order valence-electron chi connectivity index (χ1n) is 8.82. The van der Waals surface area contributed by atoms with E-state index in [4.69, 9.17) is 14.2 Å². The molecule has 0 aliphatic heterocycles. The first-order chi connectivity index (χ1) is 11.8. The third-order valence-electron chi connectivity index (χ3n) is 3.87. The molecule has 0 heterocycles. The molecule has 0 aliphatic carbocycles. The normalized spacial score (nSPS) is 10.5. The number of rotatable bonds is 10. The van der Waals surface area contributed by atoms with Crippen LogP contribution in [0, 0.1) is 0 Å². The lowest BCUT2D eigenvalue weighted by atomic mass is 10.0. The largest absolute Gasteiger partial charge is 0.497 e. The quantitative estimate of drug-likeness (QED) is 0.522. The van der Waals surface area contributed by atoms with Crippen LogP contribution in [0.4, 0.5) is 0 Å². The van der Waals surface area contributed by atoms with E-state index >= 15 is 0 Å². The Morgan fingerprint density at radius 2 is 1.38 bits per heavy atom. The SMILES string of the molecule is CCCCOc1ccc(OCCCC)c(-c2ccc(OC)cc2)c1. The second-order valence-corrected chi connectivity index (χ2v) is 5.79. The van der Waals surface area contributed by atoms with Crippen LogP contribution in [0.1, 0.15) is 39.5 Å². The van der Waals surface area contributed by atoms with Crippen molar-refractivity contribution in [3.63, 3.8) is 0 Å². The average molecular weight is 328 g/mol. The fraction of sp³-hybridized carbons (Fsp3) is 0.429. The van der Waals surface area contributed by atoms with Gasteiger partial charge in [0, 0.05) is 5.56 Å². The van der Waals surface area contributed by atoms with E-state index in [1.807, 2.05) is 24.3 Å². The molecule has 0 aliphatic rings. The molecule has 0 N–H and O–H groups in total. The maximum atomic E-state index is 5.98. The van der Waals surface area contributed by atoms with Crippen LogP contribution in [0.15, 0.2) is 42.5 Å². The van der Waals surface area contributed by atoms with Gasteiger partial charge >= 0.3 is 0 Å². The van der Waals surface area contributed by atoms with Gasteiger partial charge in [-0.2, -0.15) is 0 Å². The number of methoxy groups -OCH3 is 1. The Hall–Kier alpha value is -2.16. The van der Waals surface area contributed by atoms with Crippen LogP contribution in [-0.2, 0) is 0 Å². The Labute approximate surface area is 145 Å². The zero-order chi connectivity index (χ0) is 17.2. The molecule has 2 rings (SSSR count). The first-order valence-corrected chi connectivity index (χ1v) is 8.82. The van der Waals surface area contributed by atoms with Crippen molar-refractivity contribution in [2.45, 2.75) is 39.5 Å². The average Bonchev–Trinajstić information content (AvgIpc) is 2.63. The summed E-state index contributed by atoms with van der Waals surface area (Å²) >= 11 is 0. The monoisotopic (exact) mass is 328 g/mol. The van der Waals surface area contributed by atoms with Crippen LogP contribution in [0.5, 0.6) is 17.2 Å². The number of ether oxygens (including phenoxy) is 3. The summed E-state index contributed by atoms with van der Waals surface area (Å²) in [6.45, 7) is 5.81. The molecule has 3 heteroatoms. The molecule has 2 aromatic rings. The Kier molecular flexibility index (Phi) is 7.47. The van der Waals surface area contributed by atoms with Crippen LogP contribution in [0.3, 0.4) is 0 Å². The molecule has 0 saturated carbocycles. The van der Waals surface area contributed by atoms with Gasteiger partial charge in [0.15, 0.2) is 0 Å². The van der Waals surface area contributed by atoms with Crippen LogP contribution in [0.2, 0.25) is 0 Å². The van der Waals surface area contributed by atoms with E-state index < -0.39 is 0 Å². The number of unbranched alkanes of at least 4 members (excludes halogenated alkanes) is 2. The van der Waals surface area contributed by atoms with Gasteiger partial charge in [0.1, 0.15) is 17.2 Å². The van der Waals surface area contributed by atoms with Gasteiger partial charge in [-0.25, -0.2) is 0 Å². The minimum Gasteiger partial charge on any atom is -0.497 e. The highest BCUT2D eigenvalue weighted by atomic mass is 16.5. The molecular formula is C21H28O3. The molecule has 0 saturated heterocycles. The summed E-state index contributed by atoms with van der Waals surface area (Å²) in [6, 6.07) is 14.1. The highest BCUT2D eigenvalue weighted by molar-refractivity contribution is 5.72. The van der Waals surface area contributed by atoms with E-state index in [0.717, 1.165) is 67.3 Å². The van der Waals surface area contributed by atoms with E-state index in [0.29, 0.717) is 0 Å². The summed E-state index contributed by atoms with van der Waals surface area (Å²) in [7, 11) is 1.68. The second-order valence-electron chi connectivity index (χ2n) is 5.79. The van der Waals surface area contributed by atoms with Crippen molar-refractivity contribution in [2.24, 2.45) is 0 Å². The van der Waals surface area contributed by atoms with Gasteiger partial charge in [-0.3, -0.25) is 0 Å². The van der Waals surface area contributed by atoms with Crippen LogP contribution >= 0.6 is 0 Å². The van der Waals surface area contributed by atoms with Gasteiger partial charge in [-0.05, 0) is 48.7 Å². The minimum atomic E-state index is 0.732. The van der Waals surface area contributed by atoms with Crippen LogP contribution in [0.25, 0.3) is 11.1 Å². The van der Waals surface area contributed by atoms with E-state index in [-0.39, 0.29) is 0 Å². The summed E-state index contributed by atoms with van der Waals surface area (Å²) in [5, 5.41) is 0. The third kappa shape index (κ3) is 5.19. The zero-order valence-corrected chi connectivity index (χ0v) is 15.0. The van der Waals surface area contributed by atoms with Crippen LogP contribution in [-0.4, -0.2) is 20.3 Å². The van der Waals surface area contributed by atoms with Crippen molar-refractivity contribution in [1.82, 2.24) is 0 Å². The van der Waals surface area contributed by atoms with Gasteiger partial charge in [0.25, 0.3) is 0 Å². The minimum absolute atomic E-state index is 0.732. The first kappa shape index (κ1) is 18.2. The number of hydrogen-bond acceptors (Lipinski definition) is 3. The maximum Gasteiger partial charge on any atom is 0.127 e. The van der Waals surface area contributed by atoms with E-state index in [1.54, 1.807) is 7.11 Å². The topological polar surface area (TPSA) is 27.7 Å². The predicted molar refractivity (Wildman–Crippen MR) is 99.2 cm³/mol. The van der Waals surface area contributed by atoms with Crippen molar-refractivity contribution in [3.05, 3.63) is 42.5 Å². The van der Waals surface area contributed by atoms with Crippen molar-refractivity contribution < 1.29 is 14.2 Å². The molecule has 0 atom stereocenters. The van der Waals surface area contributed by atoms with Crippen molar-refractivity contribution >= 4 is 0 Å². The number of hydrogen-bond donors (Lipinski definition) is 0. The zero-order valence-electron chi connectivity index (χ0n) is 15.0. The summed E-state index contributed by atoms with van der Waals surface area (Å²) in [6.07, 6.45) is 4.36. The van der Waals surface area contributed by atoms with Crippen molar-refractivity contribution in [2.75, 3.05) is 20.3 Å². The maximum absolute atomic E-state index is 5.98. The van der Waals surface area contributed by atoms with Gasteiger partial charge in [0.05, 0.1) is 20.3 Å².